The Labute approximate surface area is 174 Å². The number of amides is 1. The predicted octanol–water partition coefficient (Wildman–Crippen LogP) is 3.38. The summed E-state index contributed by atoms with van der Waals surface area (Å²) in [5.74, 6) is 1.27. The largest absolute Gasteiger partial charge is 0.352 e. The minimum atomic E-state index is -0.155. The molecule has 1 aromatic carbocycles. The number of nitrogens with zero attached hydrogens (tertiary/aromatic N) is 4. The zero-order chi connectivity index (χ0) is 20.4. The van der Waals surface area contributed by atoms with Crippen LogP contribution < -0.4 is 10.5 Å². The highest BCUT2D eigenvalue weighted by atomic mass is 32.1. The van der Waals surface area contributed by atoms with E-state index >= 15 is 0 Å². The zero-order valence-electron chi connectivity index (χ0n) is 16.6. The summed E-state index contributed by atoms with van der Waals surface area (Å²) in [6.45, 7) is 6.94. The molecule has 2 aromatic heterocycles. The molecule has 29 heavy (non-hydrogen) atoms. The minimum absolute atomic E-state index is 0.0859. The molecule has 0 aliphatic carbocycles. The first-order valence-corrected chi connectivity index (χ1v) is 10.7. The Morgan fingerprint density at radius 1 is 1.00 bits per heavy atom. The third-order valence-electron chi connectivity index (χ3n) is 5.21. The van der Waals surface area contributed by atoms with Gasteiger partial charge in [0.15, 0.2) is 0 Å². The lowest BCUT2D eigenvalue weighted by Crippen LogP contribution is -2.49. The Morgan fingerprint density at radius 2 is 1.72 bits per heavy atom. The lowest BCUT2D eigenvalue weighted by Gasteiger charge is -2.35. The molecule has 0 N–H and O–H groups in total. The summed E-state index contributed by atoms with van der Waals surface area (Å²) in [6, 6.07) is 15.0. The van der Waals surface area contributed by atoms with E-state index in [-0.39, 0.29) is 11.5 Å². The minimum Gasteiger partial charge on any atom is -0.352 e. The maximum absolute atomic E-state index is 12.5. The fraction of sp³-hybridized carbons (Fsp3) is 0.318. The van der Waals surface area contributed by atoms with Crippen molar-refractivity contribution in [2.45, 2.75) is 19.8 Å². The van der Waals surface area contributed by atoms with Gasteiger partial charge >= 0.3 is 0 Å². The average Bonchev–Trinajstić information content (AvgIpc) is 3.29. The molecule has 7 heteroatoms. The van der Waals surface area contributed by atoms with Crippen LogP contribution in [0.1, 0.15) is 35.0 Å². The van der Waals surface area contributed by atoms with Crippen LogP contribution in [0.2, 0.25) is 0 Å². The molecule has 0 spiro atoms. The SMILES string of the molecule is CC(C)c1ccc(-n2nc(N3CCN(C(=O)c4cccs4)CC3)ccc2=O)cc1. The zero-order valence-corrected chi connectivity index (χ0v) is 17.4. The van der Waals surface area contributed by atoms with Crippen LogP contribution in [-0.4, -0.2) is 46.8 Å². The molecule has 3 heterocycles. The Hall–Kier alpha value is -2.93. The number of rotatable bonds is 4. The fourth-order valence-corrected chi connectivity index (χ4v) is 4.14. The van der Waals surface area contributed by atoms with E-state index in [1.54, 1.807) is 12.1 Å². The van der Waals surface area contributed by atoms with Gasteiger partial charge in [0.05, 0.1) is 10.6 Å². The number of benzene rings is 1. The Morgan fingerprint density at radius 3 is 2.34 bits per heavy atom. The van der Waals surface area contributed by atoms with Crippen LogP contribution in [0.25, 0.3) is 5.69 Å². The number of hydrogen-bond acceptors (Lipinski definition) is 5. The number of carbonyl (C=O) groups is 1. The first-order chi connectivity index (χ1) is 14.0. The van der Waals surface area contributed by atoms with Crippen LogP contribution in [0.4, 0.5) is 5.82 Å². The monoisotopic (exact) mass is 408 g/mol. The van der Waals surface area contributed by atoms with Gasteiger partial charge in [-0.05, 0) is 41.1 Å². The number of carbonyl (C=O) groups excluding carboxylic acids is 1. The van der Waals surface area contributed by atoms with Gasteiger partial charge in [-0.15, -0.1) is 16.4 Å². The van der Waals surface area contributed by atoms with Crippen LogP contribution in [0.5, 0.6) is 0 Å². The third kappa shape index (κ3) is 4.10. The summed E-state index contributed by atoms with van der Waals surface area (Å²) in [5, 5.41) is 6.51. The average molecular weight is 409 g/mol. The van der Waals surface area contributed by atoms with Crippen LogP contribution in [0.15, 0.2) is 58.7 Å². The van der Waals surface area contributed by atoms with Crippen molar-refractivity contribution in [2.24, 2.45) is 0 Å². The molecule has 1 saturated heterocycles. The molecule has 1 aliphatic rings. The van der Waals surface area contributed by atoms with E-state index in [1.807, 2.05) is 46.7 Å². The molecular weight excluding hydrogens is 384 g/mol. The van der Waals surface area contributed by atoms with Gasteiger partial charge in [-0.1, -0.05) is 32.0 Å². The molecule has 0 atom stereocenters. The number of hydrogen-bond donors (Lipinski definition) is 0. The van der Waals surface area contributed by atoms with Crippen LogP contribution in [0, 0.1) is 0 Å². The lowest BCUT2D eigenvalue weighted by atomic mass is 10.0. The van der Waals surface area contributed by atoms with Crippen molar-refractivity contribution < 1.29 is 4.79 Å². The summed E-state index contributed by atoms with van der Waals surface area (Å²) < 4.78 is 1.45. The van der Waals surface area contributed by atoms with Gasteiger partial charge in [-0.2, -0.15) is 4.68 Å². The van der Waals surface area contributed by atoms with E-state index in [0.29, 0.717) is 32.1 Å². The van der Waals surface area contributed by atoms with Crippen molar-refractivity contribution in [3.63, 3.8) is 0 Å². The molecule has 1 fully saturated rings. The van der Waals surface area contributed by atoms with E-state index in [9.17, 15) is 9.59 Å². The van der Waals surface area contributed by atoms with Crippen molar-refractivity contribution in [1.29, 1.82) is 0 Å². The number of piperazine rings is 1. The van der Waals surface area contributed by atoms with E-state index in [1.165, 1.54) is 21.6 Å². The molecule has 0 unspecified atom stereocenters. The van der Waals surface area contributed by atoms with Gasteiger partial charge in [0.1, 0.15) is 5.82 Å². The second-order valence-corrected chi connectivity index (χ2v) is 8.39. The first-order valence-electron chi connectivity index (χ1n) is 9.81. The smallest absolute Gasteiger partial charge is 0.271 e. The highest BCUT2D eigenvalue weighted by molar-refractivity contribution is 7.12. The van der Waals surface area contributed by atoms with Crippen molar-refractivity contribution >= 4 is 23.1 Å². The van der Waals surface area contributed by atoms with Crippen LogP contribution >= 0.6 is 11.3 Å². The van der Waals surface area contributed by atoms with Gasteiger partial charge in [0, 0.05) is 32.2 Å². The predicted molar refractivity (Wildman–Crippen MR) is 116 cm³/mol. The Kier molecular flexibility index (Phi) is 5.49. The Balaban J connectivity index is 1.49. The molecule has 6 nitrogen and oxygen atoms in total. The van der Waals surface area contributed by atoms with Crippen molar-refractivity contribution in [3.8, 4) is 5.69 Å². The number of anilines is 1. The third-order valence-corrected chi connectivity index (χ3v) is 6.07. The summed E-state index contributed by atoms with van der Waals surface area (Å²) in [5.41, 5.74) is 1.83. The maximum atomic E-state index is 12.5. The van der Waals surface area contributed by atoms with Crippen molar-refractivity contribution in [3.05, 3.63) is 74.7 Å². The quantitative estimate of drug-likeness (QED) is 0.664. The molecule has 4 rings (SSSR count). The second kappa shape index (κ2) is 8.21. The summed E-state index contributed by atoms with van der Waals surface area (Å²) in [7, 11) is 0. The summed E-state index contributed by atoms with van der Waals surface area (Å²) in [4.78, 5) is 29.7. The topological polar surface area (TPSA) is 58.4 Å². The molecule has 1 aliphatic heterocycles. The molecule has 1 amide bonds. The van der Waals surface area contributed by atoms with Crippen molar-refractivity contribution in [1.82, 2.24) is 14.7 Å². The highest BCUT2D eigenvalue weighted by Gasteiger charge is 2.23. The number of aromatic nitrogens is 2. The Bertz CT molecular complexity index is 1030. The second-order valence-electron chi connectivity index (χ2n) is 7.44. The molecular formula is C22H24N4O2S. The van der Waals surface area contributed by atoms with Gasteiger partial charge in [0.2, 0.25) is 0 Å². The fourth-order valence-electron chi connectivity index (χ4n) is 3.45. The molecule has 3 aromatic rings. The lowest BCUT2D eigenvalue weighted by molar-refractivity contribution is 0.0751. The van der Waals surface area contributed by atoms with Crippen LogP contribution in [-0.2, 0) is 0 Å². The molecule has 0 saturated carbocycles. The summed E-state index contributed by atoms with van der Waals surface area (Å²) >= 11 is 1.47. The molecule has 150 valence electrons. The number of thiophene rings is 1. The van der Waals surface area contributed by atoms with Crippen LogP contribution in [0.3, 0.4) is 0 Å². The normalized spacial score (nSPS) is 14.4. The van der Waals surface area contributed by atoms with E-state index in [2.05, 4.69) is 23.8 Å². The molecule has 0 bridgehead atoms. The van der Waals surface area contributed by atoms with Gasteiger partial charge < -0.3 is 9.80 Å². The first kappa shape index (κ1) is 19.4. The van der Waals surface area contributed by atoms with Gasteiger partial charge in [-0.3, -0.25) is 9.59 Å². The van der Waals surface area contributed by atoms with Crippen molar-refractivity contribution in [2.75, 3.05) is 31.1 Å². The van der Waals surface area contributed by atoms with E-state index < -0.39 is 0 Å². The van der Waals surface area contributed by atoms with Gasteiger partial charge in [-0.25, -0.2) is 0 Å². The standard InChI is InChI=1S/C22H24N4O2S/c1-16(2)17-5-7-18(8-6-17)26-21(27)10-9-20(23-26)24-11-13-25(14-12-24)22(28)19-4-3-15-29-19/h3-10,15-16H,11-14H2,1-2H3. The molecule has 0 radical (unpaired) electrons. The maximum Gasteiger partial charge on any atom is 0.271 e. The van der Waals surface area contributed by atoms with E-state index in [4.69, 9.17) is 0 Å². The highest BCUT2D eigenvalue weighted by Crippen LogP contribution is 2.18. The summed E-state index contributed by atoms with van der Waals surface area (Å²) in [6.07, 6.45) is 0. The van der Waals surface area contributed by atoms with E-state index in [0.717, 1.165) is 16.4 Å². The van der Waals surface area contributed by atoms with Gasteiger partial charge in [0.25, 0.3) is 11.5 Å².